The van der Waals surface area contributed by atoms with Crippen LogP contribution in [0.4, 0.5) is 0 Å². The highest BCUT2D eigenvalue weighted by atomic mass is 127. The molecule has 0 saturated heterocycles. The topological polar surface area (TPSA) is 58.3 Å². The molecule has 2 aliphatic heterocycles. The zero-order chi connectivity index (χ0) is 17.8. The highest BCUT2D eigenvalue weighted by Gasteiger charge is 2.19. The molecule has 144 valence electrons. The van der Waals surface area contributed by atoms with Gasteiger partial charge in [0.05, 0.1) is 0 Å². The summed E-state index contributed by atoms with van der Waals surface area (Å²) in [6, 6.07) is 10.6. The Morgan fingerprint density at radius 3 is 2.74 bits per heavy atom. The highest BCUT2D eigenvalue weighted by molar-refractivity contribution is 14.0. The zero-order valence-electron chi connectivity index (χ0n) is 15.8. The molecule has 0 radical (unpaired) electrons. The van der Waals surface area contributed by atoms with Gasteiger partial charge in [0.15, 0.2) is 11.8 Å². The maximum atomic E-state index is 4.83. The van der Waals surface area contributed by atoms with Gasteiger partial charge in [0, 0.05) is 32.6 Å². The molecule has 7 heteroatoms. The maximum Gasteiger partial charge on any atom is 0.194 e. The molecule has 1 N–H and O–H groups in total. The Kier molecular flexibility index (Phi) is 6.87. The summed E-state index contributed by atoms with van der Waals surface area (Å²) in [7, 11) is 0. The van der Waals surface area contributed by atoms with Crippen LogP contribution in [0, 0.1) is 0 Å². The molecule has 0 atom stereocenters. The first-order valence-corrected chi connectivity index (χ1v) is 9.54. The molecule has 6 nitrogen and oxygen atoms in total. The van der Waals surface area contributed by atoms with Gasteiger partial charge < -0.3 is 14.8 Å². The average molecular weight is 478 g/mol. The lowest BCUT2D eigenvalue weighted by atomic mass is 10.00. The number of rotatable bonds is 4. The van der Waals surface area contributed by atoms with Crippen molar-refractivity contribution in [1.29, 1.82) is 0 Å². The van der Waals surface area contributed by atoms with Crippen LogP contribution in [0.25, 0.3) is 5.57 Å². The second-order valence-electron chi connectivity index (χ2n) is 6.75. The van der Waals surface area contributed by atoms with E-state index >= 15 is 0 Å². The van der Waals surface area contributed by atoms with Crippen LogP contribution in [0.3, 0.4) is 0 Å². The fourth-order valence-corrected chi connectivity index (χ4v) is 3.68. The average Bonchev–Trinajstić information content (AvgIpc) is 3.30. The minimum absolute atomic E-state index is 0. The third-order valence-electron chi connectivity index (χ3n) is 5.04. The molecule has 1 aromatic carbocycles. The van der Waals surface area contributed by atoms with Gasteiger partial charge in [0.2, 0.25) is 0 Å². The summed E-state index contributed by atoms with van der Waals surface area (Å²) in [5, 5.41) is 12.0. The van der Waals surface area contributed by atoms with E-state index in [1.165, 1.54) is 17.6 Å². The van der Waals surface area contributed by atoms with Crippen molar-refractivity contribution in [2.75, 3.05) is 19.6 Å². The lowest BCUT2D eigenvalue weighted by molar-refractivity contribution is 0.439. The van der Waals surface area contributed by atoms with Crippen LogP contribution in [0.1, 0.15) is 37.0 Å². The van der Waals surface area contributed by atoms with Crippen LogP contribution in [-0.4, -0.2) is 45.3 Å². The van der Waals surface area contributed by atoms with Gasteiger partial charge in [-0.3, -0.25) is 0 Å². The number of aliphatic imine (C=N–C) groups is 1. The summed E-state index contributed by atoms with van der Waals surface area (Å²) < 4.78 is 2.22. The Bertz CT molecular complexity index is 811. The van der Waals surface area contributed by atoms with Gasteiger partial charge in [-0.1, -0.05) is 36.4 Å². The zero-order valence-corrected chi connectivity index (χ0v) is 18.1. The quantitative estimate of drug-likeness (QED) is 0.417. The minimum atomic E-state index is 0. The predicted molar refractivity (Wildman–Crippen MR) is 119 cm³/mol. The maximum absolute atomic E-state index is 4.83. The van der Waals surface area contributed by atoms with E-state index in [1.54, 1.807) is 0 Å². The number of nitrogens with zero attached hydrogens (tertiary/aromatic N) is 5. The smallest absolute Gasteiger partial charge is 0.194 e. The molecule has 0 fully saturated rings. The van der Waals surface area contributed by atoms with Gasteiger partial charge in [0.25, 0.3) is 0 Å². The van der Waals surface area contributed by atoms with Crippen LogP contribution in [-0.2, 0) is 19.5 Å². The number of nitrogens with one attached hydrogen (secondary N) is 1. The summed E-state index contributed by atoms with van der Waals surface area (Å²) in [5.41, 5.74) is 2.75. The Hall–Kier alpha value is -1.90. The largest absolute Gasteiger partial charge is 0.356 e. The van der Waals surface area contributed by atoms with E-state index in [1.807, 2.05) is 0 Å². The van der Waals surface area contributed by atoms with Crippen molar-refractivity contribution in [2.24, 2.45) is 4.99 Å². The second-order valence-corrected chi connectivity index (χ2v) is 6.75. The summed E-state index contributed by atoms with van der Waals surface area (Å²) in [6.45, 7) is 6.44. The molecule has 1 aromatic heterocycles. The molecular weight excluding hydrogens is 451 g/mol. The molecule has 4 rings (SSSR count). The standard InChI is InChI=1S/C20H26N6.HI/c1-2-21-20(22-15-19-24-23-18-9-6-12-26(18)19)25-13-10-17(11-14-25)16-7-4-3-5-8-16;/h3-5,7-8,10H,2,6,9,11-15H2,1H3,(H,21,22);1H. The molecule has 0 bridgehead atoms. The van der Waals surface area contributed by atoms with Crippen LogP contribution in [0.5, 0.6) is 0 Å². The summed E-state index contributed by atoms with van der Waals surface area (Å²) in [6.07, 6.45) is 5.56. The van der Waals surface area contributed by atoms with E-state index < -0.39 is 0 Å². The molecule has 2 aromatic rings. The molecule has 0 spiro atoms. The van der Waals surface area contributed by atoms with E-state index in [9.17, 15) is 0 Å². The minimum Gasteiger partial charge on any atom is -0.356 e. The van der Waals surface area contributed by atoms with Crippen molar-refractivity contribution in [2.45, 2.75) is 39.3 Å². The van der Waals surface area contributed by atoms with Crippen molar-refractivity contribution in [3.8, 4) is 0 Å². The first-order chi connectivity index (χ1) is 12.8. The summed E-state index contributed by atoms with van der Waals surface area (Å²) in [5.74, 6) is 3.05. The summed E-state index contributed by atoms with van der Waals surface area (Å²) >= 11 is 0. The molecule has 0 amide bonds. The summed E-state index contributed by atoms with van der Waals surface area (Å²) in [4.78, 5) is 7.15. The van der Waals surface area contributed by atoms with E-state index in [4.69, 9.17) is 4.99 Å². The van der Waals surface area contributed by atoms with Gasteiger partial charge in [-0.05, 0) is 30.9 Å². The van der Waals surface area contributed by atoms with Crippen LogP contribution in [0.15, 0.2) is 41.4 Å². The first-order valence-electron chi connectivity index (χ1n) is 9.54. The number of aryl methyl sites for hydroxylation is 1. The van der Waals surface area contributed by atoms with Gasteiger partial charge >= 0.3 is 0 Å². The van der Waals surface area contributed by atoms with Crippen molar-refractivity contribution in [3.05, 3.63) is 53.6 Å². The lowest BCUT2D eigenvalue weighted by Gasteiger charge is -2.29. The van der Waals surface area contributed by atoms with Crippen LogP contribution >= 0.6 is 24.0 Å². The Morgan fingerprint density at radius 1 is 1.15 bits per heavy atom. The number of halogens is 1. The Morgan fingerprint density at radius 2 is 2.00 bits per heavy atom. The molecule has 0 unspecified atom stereocenters. The third-order valence-corrected chi connectivity index (χ3v) is 5.04. The highest BCUT2D eigenvalue weighted by Crippen LogP contribution is 2.22. The Balaban J connectivity index is 0.00000210. The van der Waals surface area contributed by atoms with Crippen molar-refractivity contribution in [3.63, 3.8) is 0 Å². The van der Waals surface area contributed by atoms with Gasteiger partial charge in [0.1, 0.15) is 12.4 Å². The number of guanidine groups is 1. The molecule has 3 heterocycles. The fraction of sp³-hybridized carbons (Fsp3) is 0.450. The molecule has 27 heavy (non-hydrogen) atoms. The normalized spacial score (nSPS) is 16.6. The number of aromatic nitrogens is 3. The third kappa shape index (κ3) is 4.51. The Labute approximate surface area is 177 Å². The predicted octanol–water partition coefficient (Wildman–Crippen LogP) is 3.10. The van der Waals surface area contributed by atoms with Crippen molar-refractivity contribution < 1.29 is 0 Å². The first kappa shape index (κ1) is 19.9. The van der Waals surface area contributed by atoms with Crippen LogP contribution < -0.4 is 5.32 Å². The van der Waals surface area contributed by atoms with E-state index in [0.717, 1.165) is 56.6 Å². The number of benzene rings is 1. The lowest BCUT2D eigenvalue weighted by Crippen LogP contribution is -2.43. The van der Waals surface area contributed by atoms with Gasteiger partial charge in [-0.15, -0.1) is 34.2 Å². The SMILES string of the molecule is CCNC(=NCc1nnc2n1CCC2)N1CC=C(c2ccccc2)CC1.I. The van der Waals surface area contributed by atoms with Crippen molar-refractivity contribution in [1.82, 2.24) is 25.0 Å². The monoisotopic (exact) mass is 478 g/mol. The van der Waals surface area contributed by atoms with Gasteiger partial charge in [-0.2, -0.15) is 0 Å². The van der Waals surface area contributed by atoms with Crippen LogP contribution in [0.2, 0.25) is 0 Å². The fourth-order valence-electron chi connectivity index (χ4n) is 3.68. The second kappa shape index (κ2) is 9.34. The molecular formula is C20H27IN6. The van der Waals surface area contributed by atoms with Crippen molar-refractivity contribution >= 4 is 35.5 Å². The van der Waals surface area contributed by atoms with E-state index in [2.05, 4.69) is 68.3 Å². The molecule has 0 aliphatic carbocycles. The van der Waals surface area contributed by atoms with E-state index in [-0.39, 0.29) is 24.0 Å². The molecule has 2 aliphatic rings. The van der Waals surface area contributed by atoms with Gasteiger partial charge in [-0.25, -0.2) is 4.99 Å². The number of hydrogen-bond donors (Lipinski definition) is 1. The number of fused-ring (bicyclic) bond motifs is 1. The van der Waals surface area contributed by atoms with E-state index in [0.29, 0.717) is 6.54 Å². The number of hydrogen-bond acceptors (Lipinski definition) is 3. The molecule has 0 saturated carbocycles.